The first-order chi connectivity index (χ1) is 21.1. The number of carboxylic acid groups (broad SMARTS) is 1. The first-order valence-corrected chi connectivity index (χ1v) is 15.2. The Hall–Kier alpha value is -4.30. The van der Waals surface area contributed by atoms with E-state index in [1.54, 1.807) is 31.3 Å². The predicted molar refractivity (Wildman–Crippen MR) is 161 cm³/mol. The molecule has 2 heterocycles. The van der Waals surface area contributed by atoms with Gasteiger partial charge in [0.2, 0.25) is 10.0 Å². The fourth-order valence-corrected chi connectivity index (χ4v) is 4.93. The lowest BCUT2D eigenvalue weighted by atomic mass is 9.94. The summed E-state index contributed by atoms with van der Waals surface area (Å²) < 4.78 is 87.2. The molecule has 5 N–H and O–H groups in total. The summed E-state index contributed by atoms with van der Waals surface area (Å²) in [6.45, 7) is 3.07. The minimum atomic E-state index is -5.08. The lowest BCUT2D eigenvalue weighted by Crippen LogP contribution is -2.21. The van der Waals surface area contributed by atoms with E-state index in [1.807, 2.05) is 0 Å². The van der Waals surface area contributed by atoms with Crippen LogP contribution in [-0.2, 0) is 28.3 Å². The quantitative estimate of drug-likeness (QED) is 0.164. The molecule has 0 amide bonds. The van der Waals surface area contributed by atoms with Gasteiger partial charge < -0.3 is 15.9 Å². The van der Waals surface area contributed by atoms with Crippen molar-refractivity contribution in [2.24, 2.45) is 12.8 Å². The molecule has 0 saturated carbocycles. The molecule has 246 valence electrons. The molecule has 0 aliphatic heterocycles. The van der Waals surface area contributed by atoms with E-state index in [2.05, 4.69) is 26.6 Å². The summed E-state index contributed by atoms with van der Waals surface area (Å²) in [6, 6.07) is 9.08. The maximum Gasteiger partial charge on any atom is 0.490 e. The number of anilines is 1. The normalized spacial score (nSPS) is 12.5. The molecular formula is C29H27ClF5N5O5S. The van der Waals surface area contributed by atoms with Crippen LogP contribution in [0.25, 0.3) is 22.0 Å². The van der Waals surface area contributed by atoms with E-state index in [9.17, 15) is 35.5 Å². The van der Waals surface area contributed by atoms with Gasteiger partial charge in [0, 0.05) is 24.2 Å². The van der Waals surface area contributed by atoms with Gasteiger partial charge in [0.05, 0.1) is 33.9 Å². The number of rotatable bonds is 6. The minimum absolute atomic E-state index is 0.0556. The smallest absolute Gasteiger partial charge is 0.475 e. The molecule has 2 aromatic heterocycles. The zero-order valence-corrected chi connectivity index (χ0v) is 26.1. The summed E-state index contributed by atoms with van der Waals surface area (Å²) in [4.78, 5) is 13.5. The van der Waals surface area contributed by atoms with Crippen LogP contribution in [0.1, 0.15) is 36.8 Å². The highest BCUT2D eigenvalue weighted by molar-refractivity contribution is 7.92. The van der Waals surface area contributed by atoms with Crippen molar-refractivity contribution >= 4 is 44.3 Å². The number of aryl methyl sites for hydroxylation is 1. The first-order valence-electron chi connectivity index (χ1n) is 13.0. The SMILES string of the molecule is Cn1nc(NS(C)(=O)=O)c2c(Cl)ccc(-c3ccc(C#CC(C)(C)O)nc3[C@@H](N)Cc3cc(F)cc(F)c3)c21.O=C(O)C(F)(F)F. The van der Waals surface area contributed by atoms with E-state index in [0.29, 0.717) is 39.0 Å². The summed E-state index contributed by atoms with van der Waals surface area (Å²) in [5, 5.41) is 22.1. The zero-order valence-electron chi connectivity index (χ0n) is 24.5. The third kappa shape index (κ3) is 9.60. The molecule has 0 aliphatic rings. The third-order valence-electron chi connectivity index (χ3n) is 5.90. The molecule has 0 aliphatic carbocycles. The number of nitrogens with one attached hydrogen (secondary N) is 1. The Bertz CT molecular complexity index is 1950. The number of carboxylic acids is 1. The highest BCUT2D eigenvalue weighted by Crippen LogP contribution is 2.39. The molecule has 46 heavy (non-hydrogen) atoms. The number of alkyl halides is 3. The Labute approximate surface area is 265 Å². The van der Waals surface area contributed by atoms with Crippen LogP contribution < -0.4 is 10.5 Å². The number of fused-ring (bicyclic) bond motifs is 1. The van der Waals surface area contributed by atoms with Crippen molar-refractivity contribution in [3.63, 3.8) is 0 Å². The van der Waals surface area contributed by atoms with Crippen LogP contribution in [-0.4, -0.2) is 57.4 Å². The van der Waals surface area contributed by atoms with Gasteiger partial charge in [-0.1, -0.05) is 23.6 Å². The molecule has 1 atom stereocenters. The fourth-order valence-electron chi connectivity index (χ4n) is 4.19. The molecule has 4 rings (SSSR count). The largest absolute Gasteiger partial charge is 0.490 e. The molecule has 10 nitrogen and oxygen atoms in total. The first kappa shape index (κ1) is 36.2. The molecule has 0 bridgehead atoms. The Morgan fingerprint density at radius 2 is 1.67 bits per heavy atom. The number of aliphatic carboxylic acids is 1. The average molecular weight is 688 g/mol. The van der Waals surface area contributed by atoms with Crippen molar-refractivity contribution in [3.8, 4) is 23.0 Å². The predicted octanol–water partition coefficient (Wildman–Crippen LogP) is 4.94. The number of aliphatic hydroxyl groups is 1. The van der Waals surface area contributed by atoms with Gasteiger partial charge in [-0.3, -0.25) is 9.40 Å². The van der Waals surface area contributed by atoms with Crippen molar-refractivity contribution in [1.29, 1.82) is 0 Å². The maximum atomic E-state index is 13.9. The topological polar surface area (TPSA) is 160 Å². The van der Waals surface area contributed by atoms with Crippen molar-refractivity contribution in [1.82, 2.24) is 14.8 Å². The molecule has 0 saturated heterocycles. The van der Waals surface area contributed by atoms with Crippen LogP contribution in [0.15, 0.2) is 42.5 Å². The summed E-state index contributed by atoms with van der Waals surface area (Å²) >= 11 is 6.47. The zero-order chi connectivity index (χ0) is 34.8. The van der Waals surface area contributed by atoms with E-state index in [4.69, 9.17) is 27.2 Å². The number of hydrogen-bond acceptors (Lipinski definition) is 7. The monoisotopic (exact) mass is 687 g/mol. The summed E-state index contributed by atoms with van der Waals surface area (Å²) in [6.07, 6.45) is -4.02. The highest BCUT2D eigenvalue weighted by atomic mass is 35.5. The number of aromatic nitrogens is 3. The van der Waals surface area contributed by atoms with Gasteiger partial charge in [0.25, 0.3) is 0 Å². The standard InChI is InChI=1S/C27H26ClF2N5O3S.C2HF3O2/c1-27(2,36)10-9-18-5-6-19(24(32-18)22(31)13-15-11-16(29)14-17(30)12-15)20-7-8-21(28)23-25(20)35(3)33-26(23)34-39(4,37)38;3-2(4,5)1(6)7/h5-8,11-12,14,22,36H,13,31H2,1-4H3,(H,33,34);(H,6,7)/t22-;/m0./s1. The van der Waals surface area contributed by atoms with E-state index >= 15 is 0 Å². The number of carbonyl (C=O) groups is 1. The second kappa shape index (κ2) is 13.6. The van der Waals surface area contributed by atoms with Gasteiger partial charge in [-0.25, -0.2) is 27.0 Å². The molecule has 0 radical (unpaired) electrons. The number of nitrogens with zero attached hydrogens (tertiary/aromatic N) is 3. The Morgan fingerprint density at radius 3 is 2.20 bits per heavy atom. The third-order valence-corrected chi connectivity index (χ3v) is 6.78. The highest BCUT2D eigenvalue weighted by Gasteiger charge is 2.38. The number of sulfonamides is 1. The van der Waals surface area contributed by atoms with E-state index in [0.717, 1.165) is 12.3 Å². The minimum Gasteiger partial charge on any atom is -0.475 e. The molecule has 17 heteroatoms. The van der Waals surface area contributed by atoms with Crippen LogP contribution >= 0.6 is 11.6 Å². The number of benzene rings is 2. The van der Waals surface area contributed by atoms with E-state index in [-0.39, 0.29) is 17.3 Å². The van der Waals surface area contributed by atoms with Gasteiger partial charge >= 0.3 is 12.1 Å². The lowest BCUT2D eigenvalue weighted by Gasteiger charge is -2.18. The molecule has 0 unspecified atom stereocenters. The number of halogens is 6. The molecule has 4 aromatic rings. The second-order valence-electron chi connectivity index (χ2n) is 10.5. The summed E-state index contributed by atoms with van der Waals surface area (Å²) in [5.74, 6) is 1.38. The van der Waals surface area contributed by atoms with Crippen molar-refractivity contribution < 1.29 is 45.4 Å². The Balaban J connectivity index is 0.000000738. The van der Waals surface area contributed by atoms with Gasteiger partial charge in [-0.15, -0.1) is 0 Å². The van der Waals surface area contributed by atoms with Crippen molar-refractivity contribution in [2.75, 3.05) is 11.0 Å². The summed E-state index contributed by atoms with van der Waals surface area (Å²) in [7, 11) is -2.01. The fraction of sp³-hybridized carbons (Fsp3) is 0.276. The molecule has 0 fully saturated rings. The Morgan fingerprint density at radius 1 is 1.11 bits per heavy atom. The number of nitrogens with two attached hydrogens (primary N) is 1. The van der Waals surface area contributed by atoms with E-state index in [1.165, 1.54) is 30.7 Å². The van der Waals surface area contributed by atoms with Gasteiger partial charge in [-0.05, 0) is 62.1 Å². The maximum absolute atomic E-state index is 13.9. The molecular weight excluding hydrogens is 661 g/mol. The van der Waals surface area contributed by atoms with Gasteiger partial charge in [0.15, 0.2) is 5.82 Å². The van der Waals surface area contributed by atoms with Crippen LogP contribution in [0.5, 0.6) is 0 Å². The number of pyridine rings is 1. The van der Waals surface area contributed by atoms with E-state index < -0.39 is 45.4 Å². The summed E-state index contributed by atoms with van der Waals surface area (Å²) in [5.41, 5.74) is 8.00. The van der Waals surface area contributed by atoms with Crippen molar-refractivity contribution in [2.45, 2.75) is 38.1 Å². The average Bonchev–Trinajstić information content (AvgIpc) is 3.21. The molecule has 0 spiro atoms. The number of hydrogen-bond donors (Lipinski definition) is 4. The Kier molecular flexibility index (Phi) is 10.7. The van der Waals surface area contributed by atoms with Crippen LogP contribution in [0.3, 0.4) is 0 Å². The van der Waals surface area contributed by atoms with Crippen LogP contribution in [0, 0.1) is 23.5 Å². The second-order valence-corrected chi connectivity index (χ2v) is 12.7. The van der Waals surface area contributed by atoms with Gasteiger partial charge in [-0.2, -0.15) is 18.3 Å². The van der Waals surface area contributed by atoms with Gasteiger partial charge in [0.1, 0.15) is 22.9 Å². The van der Waals surface area contributed by atoms with Crippen molar-refractivity contribution in [3.05, 3.63) is 76.1 Å². The lowest BCUT2D eigenvalue weighted by molar-refractivity contribution is -0.192. The van der Waals surface area contributed by atoms with Crippen LogP contribution in [0.4, 0.5) is 27.8 Å². The van der Waals surface area contributed by atoms with Crippen LogP contribution in [0.2, 0.25) is 5.02 Å². The molecule has 2 aromatic carbocycles.